The Bertz CT molecular complexity index is 645. The maximum absolute atomic E-state index is 12.8. The molecule has 0 atom stereocenters. The van der Waals surface area contributed by atoms with Crippen LogP contribution in [-0.4, -0.2) is 20.4 Å². The number of hydrazone groups is 1. The lowest BCUT2D eigenvalue weighted by molar-refractivity contribution is 0.355. The van der Waals surface area contributed by atoms with Gasteiger partial charge in [-0.15, -0.1) is 0 Å². The maximum Gasteiger partial charge on any atom is 0.179 e. The fourth-order valence-corrected chi connectivity index (χ4v) is 2.01. The highest BCUT2D eigenvalue weighted by Crippen LogP contribution is 2.35. The number of hydrogen-bond acceptors (Lipinski definition) is 4. The molecule has 0 amide bonds. The molecule has 2 rings (SSSR count). The van der Waals surface area contributed by atoms with Gasteiger partial charge in [0.15, 0.2) is 11.5 Å². The average molecular weight is 309 g/mol. The topological polar surface area (TPSA) is 42.8 Å². The summed E-state index contributed by atoms with van der Waals surface area (Å²) >= 11 is 6.10. The Morgan fingerprint density at radius 3 is 2.48 bits per heavy atom. The zero-order valence-electron chi connectivity index (χ0n) is 11.6. The van der Waals surface area contributed by atoms with E-state index in [1.807, 2.05) is 0 Å². The van der Waals surface area contributed by atoms with E-state index in [9.17, 15) is 4.39 Å². The van der Waals surface area contributed by atoms with Crippen molar-refractivity contribution < 1.29 is 13.9 Å². The monoisotopic (exact) mass is 308 g/mol. The first kappa shape index (κ1) is 15.1. The third-order valence-corrected chi connectivity index (χ3v) is 2.99. The van der Waals surface area contributed by atoms with Gasteiger partial charge >= 0.3 is 0 Å². The van der Waals surface area contributed by atoms with Crippen LogP contribution in [0.2, 0.25) is 5.02 Å². The molecule has 0 heterocycles. The molecule has 2 aromatic carbocycles. The number of methoxy groups -OCH3 is 2. The number of anilines is 1. The number of benzene rings is 2. The highest BCUT2D eigenvalue weighted by molar-refractivity contribution is 6.32. The lowest BCUT2D eigenvalue weighted by atomic mass is 10.2. The minimum absolute atomic E-state index is 0.295. The van der Waals surface area contributed by atoms with Gasteiger partial charge in [-0.1, -0.05) is 11.6 Å². The zero-order chi connectivity index (χ0) is 15.2. The van der Waals surface area contributed by atoms with Crippen molar-refractivity contribution in [2.45, 2.75) is 0 Å². The summed E-state index contributed by atoms with van der Waals surface area (Å²) in [5, 5.41) is 4.49. The summed E-state index contributed by atoms with van der Waals surface area (Å²) in [7, 11) is 3.06. The lowest BCUT2D eigenvalue weighted by Crippen LogP contribution is -1.95. The molecule has 110 valence electrons. The summed E-state index contributed by atoms with van der Waals surface area (Å²) < 4.78 is 23.1. The fraction of sp³-hybridized carbons (Fsp3) is 0.133. The highest BCUT2D eigenvalue weighted by atomic mass is 35.5. The van der Waals surface area contributed by atoms with Crippen LogP contribution in [0.4, 0.5) is 10.1 Å². The van der Waals surface area contributed by atoms with Crippen LogP contribution in [0.1, 0.15) is 5.56 Å². The summed E-state index contributed by atoms with van der Waals surface area (Å²) in [5.41, 5.74) is 4.22. The van der Waals surface area contributed by atoms with Crippen molar-refractivity contribution in [1.82, 2.24) is 0 Å². The molecule has 0 fully saturated rings. The molecule has 4 nitrogen and oxygen atoms in total. The van der Waals surface area contributed by atoms with Crippen LogP contribution in [0.15, 0.2) is 41.5 Å². The third kappa shape index (κ3) is 3.86. The second kappa shape index (κ2) is 6.95. The highest BCUT2D eigenvalue weighted by Gasteiger charge is 2.09. The van der Waals surface area contributed by atoms with E-state index in [2.05, 4.69) is 10.5 Å². The molecule has 0 spiro atoms. The molecule has 0 bridgehead atoms. The largest absolute Gasteiger partial charge is 0.493 e. The molecule has 0 saturated carbocycles. The Morgan fingerprint density at radius 1 is 1.14 bits per heavy atom. The van der Waals surface area contributed by atoms with Crippen molar-refractivity contribution in [3.8, 4) is 11.5 Å². The lowest BCUT2D eigenvalue weighted by Gasteiger charge is -2.09. The van der Waals surface area contributed by atoms with Gasteiger partial charge in [-0.2, -0.15) is 5.10 Å². The van der Waals surface area contributed by atoms with Crippen LogP contribution < -0.4 is 14.9 Å². The van der Waals surface area contributed by atoms with Crippen LogP contribution in [0, 0.1) is 5.82 Å². The molecule has 0 unspecified atom stereocenters. The van der Waals surface area contributed by atoms with Crippen molar-refractivity contribution in [3.05, 3.63) is 52.8 Å². The van der Waals surface area contributed by atoms with Crippen molar-refractivity contribution in [3.63, 3.8) is 0 Å². The molecule has 0 aromatic heterocycles. The van der Waals surface area contributed by atoms with E-state index in [-0.39, 0.29) is 5.82 Å². The van der Waals surface area contributed by atoms with Gasteiger partial charge in [0, 0.05) is 0 Å². The number of hydrogen-bond donors (Lipinski definition) is 1. The van der Waals surface area contributed by atoms with E-state index in [0.29, 0.717) is 22.2 Å². The number of halogens is 2. The van der Waals surface area contributed by atoms with Gasteiger partial charge in [-0.05, 0) is 42.0 Å². The van der Waals surface area contributed by atoms with Gasteiger partial charge in [-0.25, -0.2) is 4.39 Å². The molecule has 0 aliphatic heterocycles. The van der Waals surface area contributed by atoms with Crippen molar-refractivity contribution in [2.24, 2.45) is 5.10 Å². The minimum Gasteiger partial charge on any atom is -0.493 e. The Kier molecular flexibility index (Phi) is 5.00. The number of rotatable bonds is 5. The molecule has 2 aromatic rings. The molecular weight excluding hydrogens is 295 g/mol. The Balaban J connectivity index is 2.13. The first-order valence-corrected chi connectivity index (χ1v) is 6.48. The van der Waals surface area contributed by atoms with Crippen LogP contribution in [0.3, 0.4) is 0 Å². The van der Waals surface area contributed by atoms with E-state index in [1.165, 1.54) is 26.4 Å². The molecule has 21 heavy (non-hydrogen) atoms. The normalized spacial score (nSPS) is 10.7. The standard InChI is InChI=1S/C15H14ClFN2O2/c1-20-14-8-10(7-13(16)15(14)21-2)9-18-19-12-5-3-11(17)4-6-12/h3-9,19H,1-2H3/b18-9-. The van der Waals surface area contributed by atoms with Gasteiger partial charge in [0.2, 0.25) is 0 Å². The van der Waals surface area contributed by atoms with E-state index >= 15 is 0 Å². The second-order valence-corrected chi connectivity index (χ2v) is 4.52. The van der Waals surface area contributed by atoms with E-state index in [4.69, 9.17) is 21.1 Å². The third-order valence-electron chi connectivity index (χ3n) is 2.71. The number of nitrogens with zero attached hydrogens (tertiary/aromatic N) is 1. The first-order chi connectivity index (χ1) is 10.1. The van der Waals surface area contributed by atoms with Crippen LogP contribution in [0.25, 0.3) is 0 Å². The SMILES string of the molecule is COc1cc(/C=N\Nc2ccc(F)cc2)cc(Cl)c1OC. The van der Waals surface area contributed by atoms with Crippen LogP contribution in [-0.2, 0) is 0 Å². The van der Waals surface area contributed by atoms with Gasteiger partial charge in [0.1, 0.15) is 5.82 Å². The summed E-state index contributed by atoms with van der Waals surface area (Å²) in [6.07, 6.45) is 1.58. The molecule has 0 aliphatic rings. The summed E-state index contributed by atoms with van der Waals surface area (Å²) in [6, 6.07) is 9.35. The van der Waals surface area contributed by atoms with Crippen LogP contribution in [0.5, 0.6) is 11.5 Å². The quantitative estimate of drug-likeness (QED) is 0.672. The Labute approximate surface area is 127 Å². The molecular formula is C15H14ClFN2O2. The molecule has 0 saturated heterocycles. The Morgan fingerprint density at radius 2 is 1.86 bits per heavy atom. The van der Waals surface area contributed by atoms with Gasteiger partial charge in [-0.3, -0.25) is 5.43 Å². The summed E-state index contributed by atoms with van der Waals surface area (Å²) in [4.78, 5) is 0. The maximum atomic E-state index is 12.8. The van der Waals surface area contributed by atoms with Crippen molar-refractivity contribution >= 4 is 23.5 Å². The van der Waals surface area contributed by atoms with Crippen molar-refractivity contribution in [1.29, 1.82) is 0 Å². The average Bonchev–Trinajstić information content (AvgIpc) is 2.48. The predicted octanol–water partition coefficient (Wildman–Crippen LogP) is 3.94. The van der Waals surface area contributed by atoms with Crippen molar-refractivity contribution in [2.75, 3.05) is 19.6 Å². The van der Waals surface area contributed by atoms with E-state index < -0.39 is 0 Å². The Hall–Kier alpha value is -2.27. The molecule has 1 N–H and O–H groups in total. The van der Waals surface area contributed by atoms with Gasteiger partial charge < -0.3 is 9.47 Å². The zero-order valence-corrected chi connectivity index (χ0v) is 12.3. The summed E-state index contributed by atoms with van der Waals surface area (Å²) in [5.74, 6) is 0.701. The fourth-order valence-electron chi connectivity index (χ4n) is 1.72. The molecule has 0 radical (unpaired) electrons. The molecule has 6 heteroatoms. The van der Waals surface area contributed by atoms with Crippen LogP contribution >= 0.6 is 11.6 Å². The number of ether oxygens (including phenoxy) is 2. The van der Waals surface area contributed by atoms with E-state index in [1.54, 1.807) is 30.5 Å². The minimum atomic E-state index is -0.295. The second-order valence-electron chi connectivity index (χ2n) is 4.12. The van der Waals surface area contributed by atoms with Gasteiger partial charge in [0.05, 0.1) is 31.1 Å². The number of nitrogens with one attached hydrogen (secondary N) is 1. The molecule has 0 aliphatic carbocycles. The summed E-state index contributed by atoms with van der Waals surface area (Å²) in [6.45, 7) is 0. The predicted molar refractivity (Wildman–Crippen MR) is 82.2 cm³/mol. The van der Waals surface area contributed by atoms with E-state index in [0.717, 1.165) is 5.56 Å². The van der Waals surface area contributed by atoms with Gasteiger partial charge in [0.25, 0.3) is 0 Å². The first-order valence-electron chi connectivity index (χ1n) is 6.10. The smallest absolute Gasteiger partial charge is 0.179 e.